The zero-order valence-electron chi connectivity index (χ0n) is 13.3. The molecule has 2 aliphatic heterocycles. The van der Waals surface area contributed by atoms with E-state index in [4.69, 9.17) is 0 Å². The summed E-state index contributed by atoms with van der Waals surface area (Å²) in [4.78, 5) is 5.36. The van der Waals surface area contributed by atoms with Gasteiger partial charge in [-0.3, -0.25) is 4.90 Å². The van der Waals surface area contributed by atoms with Gasteiger partial charge < -0.3 is 10.0 Å². The summed E-state index contributed by atoms with van der Waals surface area (Å²) in [5, 5.41) is 9.94. The Morgan fingerprint density at radius 2 is 1.70 bits per heavy atom. The van der Waals surface area contributed by atoms with Crippen LogP contribution in [0.2, 0.25) is 0 Å². The summed E-state index contributed by atoms with van der Waals surface area (Å²) in [6.07, 6.45) is 7.55. The van der Waals surface area contributed by atoms with Gasteiger partial charge in [0, 0.05) is 25.2 Å². The zero-order chi connectivity index (χ0) is 14.1. The van der Waals surface area contributed by atoms with Gasteiger partial charge in [-0.05, 0) is 77.3 Å². The van der Waals surface area contributed by atoms with Gasteiger partial charge in [0.1, 0.15) is 0 Å². The molecule has 0 spiro atoms. The molecule has 2 atom stereocenters. The third-order valence-electron chi connectivity index (χ3n) is 5.77. The molecule has 0 aromatic rings. The number of rotatable bonds is 4. The van der Waals surface area contributed by atoms with Crippen molar-refractivity contribution in [1.29, 1.82) is 0 Å². The minimum Gasteiger partial charge on any atom is -0.393 e. The van der Waals surface area contributed by atoms with E-state index in [0.29, 0.717) is 12.1 Å². The lowest BCUT2D eigenvalue weighted by Gasteiger charge is -2.42. The molecule has 3 rings (SSSR count). The van der Waals surface area contributed by atoms with Crippen molar-refractivity contribution < 1.29 is 5.11 Å². The monoisotopic (exact) mass is 280 g/mol. The Morgan fingerprint density at radius 3 is 2.30 bits per heavy atom. The van der Waals surface area contributed by atoms with E-state index in [-0.39, 0.29) is 6.10 Å². The maximum atomic E-state index is 9.94. The van der Waals surface area contributed by atoms with E-state index in [2.05, 4.69) is 23.6 Å². The molecule has 1 aliphatic carbocycles. The van der Waals surface area contributed by atoms with Crippen molar-refractivity contribution in [3.63, 3.8) is 0 Å². The van der Waals surface area contributed by atoms with E-state index >= 15 is 0 Å². The first-order valence-corrected chi connectivity index (χ1v) is 8.79. The average Bonchev–Trinajstić information content (AvgIpc) is 3.26. The van der Waals surface area contributed by atoms with Gasteiger partial charge in [0.15, 0.2) is 0 Å². The fourth-order valence-electron chi connectivity index (χ4n) is 4.21. The van der Waals surface area contributed by atoms with Gasteiger partial charge in [0.25, 0.3) is 0 Å². The van der Waals surface area contributed by atoms with Crippen molar-refractivity contribution in [2.45, 2.75) is 70.6 Å². The van der Waals surface area contributed by atoms with Crippen LogP contribution in [0.15, 0.2) is 0 Å². The molecule has 0 radical (unpaired) electrons. The summed E-state index contributed by atoms with van der Waals surface area (Å²) in [5.74, 6) is 1.79. The Balaban J connectivity index is 1.49. The van der Waals surface area contributed by atoms with Crippen LogP contribution in [0.1, 0.15) is 52.4 Å². The second-order valence-electron chi connectivity index (χ2n) is 7.65. The fourth-order valence-corrected chi connectivity index (χ4v) is 4.21. The SMILES string of the molecule is CC(C)N1CCC(CN2CC[C@H](O)C[C@@H]2C2CC2)CC1. The van der Waals surface area contributed by atoms with Crippen LogP contribution >= 0.6 is 0 Å². The topological polar surface area (TPSA) is 26.7 Å². The van der Waals surface area contributed by atoms with E-state index in [0.717, 1.165) is 31.2 Å². The van der Waals surface area contributed by atoms with Gasteiger partial charge in [-0.25, -0.2) is 0 Å². The van der Waals surface area contributed by atoms with Crippen LogP contribution < -0.4 is 0 Å². The molecule has 116 valence electrons. The van der Waals surface area contributed by atoms with Crippen molar-refractivity contribution in [3.05, 3.63) is 0 Å². The highest BCUT2D eigenvalue weighted by atomic mass is 16.3. The highest BCUT2D eigenvalue weighted by molar-refractivity contribution is 4.93. The minimum atomic E-state index is -0.0281. The number of likely N-dealkylation sites (tertiary alicyclic amines) is 2. The molecule has 0 aromatic heterocycles. The summed E-state index contributed by atoms with van der Waals surface area (Å²) < 4.78 is 0. The fraction of sp³-hybridized carbons (Fsp3) is 1.00. The van der Waals surface area contributed by atoms with Crippen LogP contribution in [0.4, 0.5) is 0 Å². The number of nitrogens with zero attached hydrogens (tertiary/aromatic N) is 2. The summed E-state index contributed by atoms with van der Waals surface area (Å²) in [6.45, 7) is 9.62. The standard InChI is InChI=1S/C17H32N2O/c1-13(2)18-8-5-14(6-9-18)12-19-10-7-16(20)11-17(19)15-3-4-15/h13-17,20H,3-12H2,1-2H3/t16-,17+/m0/s1. The third kappa shape index (κ3) is 3.55. The lowest BCUT2D eigenvalue weighted by atomic mass is 9.91. The average molecular weight is 280 g/mol. The smallest absolute Gasteiger partial charge is 0.0567 e. The summed E-state index contributed by atoms with van der Waals surface area (Å²) >= 11 is 0. The largest absolute Gasteiger partial charge is 0.393 e. The Kier molecular flexibility index (Phi) is 4.68. The molecule has 0 unspecified atom stereocenters. The summed E-state index contributed by atoms with van der Waals surface area (Å²) in [5.41, 5.74) is 0. The van der Waals surface area contributed by atoms with Crippen molar-refractivity contribution in [1.82, 2.24) is 9.80 Å². The van der Waals surface area contributed by atoms with Gasteiger partial charge in [0.05, 0.1) is 6.10 Å². The molecular formula is C17H32N2O. The normalized spacial score (nSPS) is 34.8. The lowest BCUT2D eigenvalue weighted by Crippen LogP contribution is -2.49. The van der Waals surface area contributed by atoms with Crippen LogP contribution in [0.3, 0.4) is 0 Å². The van der Waals surface area contributed by atoms with Gasteiger partial charge >= 0.3 is 0 Å². The highest BCUT2D eigenvalue weighted by Gasteiger charge is 2.39. The lowest BCUT2D eigenvalue weighted by molar-refractivity contribution is 0.0162. The molecular weight excluding hydrogens is 248 g/mol. The van der Waals surface area contributed by atoms with Crippen LogP contribution in [-0.4, -0.2) is 59.3 Å². The molecule has 0 aromatic carbocycles. The van der Waals surface area contributed by atoms with Crippen molar-refractivity contribution in [3.8, 4) is 0 Å². The van der Waals surface area contributed by atoms with E-state index in [1.807, 2.05) is 0 Å². The molecule has 3 aliphatic rings. The predicted octanol–water partition coefficient (Wildman–Crippen LogP) is 2.34. The number of aliphatic hydroxyl groups excluding tert-OH is 1. The maximum absolute atomic E-state index is 9.94. The molecule has 1 saturated carbocycles. The Labute approximate surface area is 124 Å². The molecule has 3 nitrogen and oxygen atoms in total. The van der Waals surface area contributed by atoms with Crippen molar-refractivity contribution in [2.75, 3.05) is 26.2 Å². The second kappa shape index (κ2) is 6.33. The third-order valence-corrected chi connectivity index (χ3v) is 5.77. The molecule has 2 saturated heterocycles. The molecule has 0 bridgehead atoms. The number of hydrogen-bond donors (Lipinski definition) is 1. The number of aliphatic hydroxyl groups is 1. The van der Waals surface area contributed by atoms with E-state index < -0.39 is 0 Å². The first-order chi connectivity index (χ1) is 9.63. The second-order valence-corrected chi connectivity index (χ2v) is 7.65. The van der Waals surface area contributed by atoms with Gasteiger partial charge in [0.2, 0.25) is 0 Å². The Bertz CT molecular complexity index is 308. The van der Waals surface area contributed by atoms with E-state index in [9.17, 15) is 5.11 Å². The molecule has 1 N–H and O–H groups in total. The van der Waals surface area contributed by atoms with Crippen LogP contribution in [0.25, 0.3) is 0 Å². The Morgan fingerprint density at radius 1 is 1.00 bits per heavy atom. The quantitative estimate of drug-likeness (QED) is 0.856. The molecule has 2 heterocycles. The molecule has 20 heavy (non-hydrogen) atoms. The maximum Gasteiger partial charge on any atom is 0.0567 e. The van der Waals surface area contributed by atoms with Crippen LogP contribution in [0, 0.1) is 11.8 Å². The van der Waals surface area contributed by atoms with Crippen LogP contribution in [-0.2, 0) is 0 Å². The molecule has 0 amide bonds. The van der Waals surface area contributed by atoms with Crippen molar-refractivity contribution >= 4 is 0 Å². The molecule has 3 heteroatoms. The van der Waals surface area contributed by atoms with Gasteiger partial charge in [-0.2, -0.15) is 0 Å². The van der Waals surface area contributed by atoms with Gasteiger partial charge in [-0.1, -0.05) is 0 Å². The first kappa shape index (κ1) is 14.8. The Hall–Kier alpha value is -0.120. The van der Waals surface area contributed by atoms with E-state index in [1.54, 1.807) is 0 Å². The highest BCUT2D eigenvalue weighted by Crippen LogP contribution is 2.40. The number of piperidine rings is 2. The minimum absolute atomic E-state index is 0.0281. The van der Waals surface area contributed by atoms with E-state index in [1.165, 1.54) is 45.3 Å². The summed E-state index contributed by atoms with van der Waals surface area (Å²) in [6, 6.07) is 1.40. The number of hydrogen-bond acceptors (Lipinski definition) is 3. The summed E-state index contributed by atoms with van der Waals surface area (Å²) in [7, 11) is 0. The van der Waals surface area contributed by atoms with Crippen molar-refractivity contribution in [2.24, 2.45) is 11.8 Å². The first-order valence-electron chi connectivity index (χ1n) is 8.79. The predicted molar refractivity (Wildman–Crippen MR) is 82.8 cm³/mol. The van der Waals surface area contributed by atoms with Crippen LogP contribution in [0.5, 0.6) is 0 Å². The molecule has 3 fully saturated rings. The van der Waals surface area contributed by atoms with Gasteiger partial charge in [-0.15, -0.1) is 0 Å². The zero-order valence-corrected chi connectivity index (χ0v) is 13.3.